The van der Waals surface area contributed by atoms with Gasteiger partial charge in [-0.05, 0) is 24.5 Å². The smallest absolute Gasteiger partial charge is 0.326 e. The van der Waals surface area contributed by atoms with E-state index >= 15 is 0 Å². The van der Waals surface area contributed by atoms with Gasteiger partial charge in [-0.15, -0.1) is 0 Å². The van der Waals surface area contributed by atoms with Gasteiger partial charge < -0.3 is 9.88 Å². The Kier molecular flexibility index (Phi) is 4.24. The molecule has 0 unspecified atom stereocenters. The maximum Gasteiger partial charge on any atom is 0.329 e. The Labute approximate surface area is 139 Å². The zero-order valence-corrected chi connectivity index (χ0v) is 14.0. The Morgan fingerprint density at radius 3 is 2.58 bits per heavy atom. The molecule has 7 heteroatoms. The van der Waals surface area contributed by atoms with E-state index in [1.165, 1.54) is 4.57 Å². The summed E-state index contributed by atoms with van der Waals surface area (Å²) in [6, 6.07) is 9.63. The average molecular weight is 327 g/mol. The van der Waals surface area contributed by atoms with Gasteiger partial charge >= 0.3 is 5.69 Å². The van der Waals surface area contributed by atoms with Gasteiger partial charge in [0.1, 0.15) is 0 Å². The Hall–Kier alpha value is -2.83. The SMILES string of the molecule is CC(C)CCn1c(Nc2ccccc2)nc2c1c(=O)[nH]c(=O)n2C. The van der Waals surface area contributed by atoms with Crippen LogP contribution in [0.5, 0.6) is 0 Å². The van der Waals surface area contributed by atoms with Gasteiger partial charge in [-0.3, -0.25) is 14.3 Å². The molecule has 24 heavy (non-hydrogen) atoms. The van der Waals surface area contributed by atoms with Crippen LogP contribution in [0, 0.1) is 5.92 Å². The Bertz CT molecular complexity index is 966. The number of hydrogen-bond acceptors (Lipinski definition) is 4. The van der Waals surface area contributed by atoms with Crippen LogP contribution in [0.15, 0.2) is 39.9 Å². The highest BCUT2D eigenvalue weighted by molar-refractivity contribution is 5.75. The summed E-state index contributed by atoms with van der Waals surface area (Å²) in [5.74, 6) is 1.04. The topological polar surface area (TPSA) is 84.7 Å². The molecular weight excluding hydrogens is 306 g/mol. The van der Waals surface area contributed by atoms with Crippen molar-refractivity contribution in [1.82, 2.24) is 19.1 Å². The van der Waals surface area contributed by atoms with E-state index in [-0.39, 0.29) is 0 Å². The summed E-state index contributed by atoms with van der Waals surface area (Å²) in [5.41, 5.74) is 0.792. The number of fused-ring (bicyclic) bond motifs is 1. The molecule has 0 aliphatic heterocycles. The Morgan fingerprint density at radius 2 is 1.92 bits per heavy atom. The monoisotopic (exact) mass is 327 g/mol. The van der Waals surface area contributed by atoms with Crippen LogP contribution in [0.1, 0.15) is 20.3 Å². The molecule has 0 spiro atoms. The molecule has 126 valence electrons. The highest BCUT2D eigenvalue weighted by Crippen LogP contribution is 2.21. The first-order chi connectivity index (χ1) is 11.5. The molecule has 0 amide bonds. The minimum Gasteiger partial charge on any atom is -0.326 e. The predicted octanol–water partition coefficient (Wildman–Crippen LogP) is 2.21. The van der Waals surface area contributed by atoms with Crippen molar-refractivity contribution < 1.29 is 0 Å². The second-order valence-electron chi connectivity index (χ2n) is 6.25. The molecule has 0 bridgehead atoms. The lowest BCUT2D eigenvalue weighted by atomic mass is 10.1. The first-order valence-corrected chi connectivity index (χ1v) is 7.99. The third kappa shape index (κ3) is 2.97. The second kappa shape index (κ2) is 6.35. The van der Waals surface area contributed by atoms with Crippen molar-refractivity contribution in [3.8, 4) is 0 Å². The predicted molar refractivity (Wildman–Crippen MR) is 94.8 cm³/mol. The van der Waals surface area contributed by atoms with Crippen molar-refractivity contribution in [2.45, 2.75) is 26.8 Å². The fourth-order valence-corrected chi connectivity index (χ4v) is 2.59. The number of para-hydroxylation sites is 1. The van der Waals surface area contributed by atoms with Crippen molar-refractivity contribution in [1.29, 1.82) is 0 Å². The number of aromatic amines is 1. The lowest BCUT2D eigenvalue weighted by Crippen LogP contribution is -2.29. The number of H-pyrrole nitrogens is 1. The molecule has 2 N–H and O–H groups in total. The number of imidazole rings is 1. The number of nitrogens with zero attached hydrogens (tertiary/aromatic N) is 3. The van der Waals surface area contributed by atoms with Crippen molar-refractivity contribution in [2.75, 3.05) is 5.32 Å². The fourth-order valence-electron chi connectivity index (χ4n) is 2.59. The summed E-state index contributed by atoms with van der Waals surface area (Å²) in [5, 5.41) is 3.24. The largest absolute Gasteiger partial charge is 0.329 e. The number of hydrogen-bond donors (Lipinski definition) is 2. The Balaban J connectivity index is 2.17. The molecule has 3 rings (SSSR count). The van der Waals surface area contributed by atoms with Gasteiger partial charge in [0.2, 0.25) is 5.95 Å². The van der Waals surface area contributed by atoms with Gasteiger partial charge in [-0.2, -0.15) is 4.98 Å². The molecule has 7 nitrogen and oxygen atoms in total. The van der Waals surface area contributed by atoms with Crippen LogP contribution in [0.25, 0.3) is 11.2 Å². The van der Waals surface area contributed by atoms with E-state index in [1.807, 2.05) is 34.9 Å². The third-order valence-corrected chi connectivity index (χ3v) is 3.97. The Morgan fingerprint density at radius 1 is 1.21 bits per heavy atom. The summed E-state index contributed by atoms with van der Waals surface area (Å²) < 4.78 is 3.21. The van der Waals surface area contributed by atoms with Crippen molar-refractivity contribution >= 4 is 22.8 Å². The van der Waals surface area contributed by atoms with E-state index in [9.17, 15) is 9.59 Å². The van der Waals surface area contributed by atoms with Crippen LogP contribution in [0.4, 0.5) is 11.6 Å². The lowest BCUT2D eigenvalue weighted by molar-refractivity contribution is 0.525. The molecule has 1 aromatic carbocycles. The van der Waals surface area contributed by atoms with Crippen LogP contribution >= 0.6 is 0 Å². The molecule has 3 aromatic rings. The highest BCUT2D eigenvalue weighted by atomic mass is 16.2. The summed E-state index contributed by atoms with van der Waals surface area (Å²) >= 11 is 0. The van der Waals surface area contributed by atoms with Crippen LogP contribution in [0.2, 0.25) is 0 Å². The number of aryl methyl sites for hydroxylation is 2. The van der Waals surface area contributed by atoms with Gasteiger partial charge in [-0.25, -0.2) is 4.79 Å². The van der Waals surface area contributed by atoms with Crippen LogP contribution in [0.3, 0.4) is 0 Å². The third-order valence-electron chi connectivity index (χ3n) is 3.97. The zero-order valence-electron chi connectivity index (χ0n) is 14.0. The molecule has 0 atom stereocenters. The number of nitrogens with one attached hydrogen (secondary N) is 2. The zero-order chi connectivity index (χ0) is 17.3. The van der Waals surface area contributed by atoms with Gasteiger partial charge in [0.05, 0.1) is 0 Å². The molecule has 0 saturated carbocycles. The molecule has 0 radical (unpaired) electrons. The average Bonchev–Trinajstić information content (AvgIpc) is 2.90. The summed E-state index contributed by atoms with van der Waals surface area (Å²) in [6.45, 7) is 4.90. The number of benzene rings is 1. The molecule has 0 aliphatic carbocycles. The van der Waals surface area contributed by atoms with Crippen molar-refractivity contribution in [3.05, 3.63) is 51.2 Å². The maximum absolute atomic E-state index is 12.3. The van der Waals surface area contributed by atoms with E-state index in [0.717, 1.165) is 12.1 Å². The lowest BCUT2D eigenvalue weighted by Gasteiger charge is -2.11. The van der Waals surface area contributed by atoms with Crippen molar-refractivity contribution in [3.63, 3.8) is 0 Å². The summed E-state index contributed by atoms with van der Waals surface area (Å²) in [7, 11) is 1.60. The second-order valence-corrected chi connectivity index (χ2v) is 6.25. The minimum atomic E-state index is -0.465. The van der Waals surface area contributed by atoms with Gasteiger partial charge in [0.25, 0.3) is 5.56 Å². The van der Waals surface area contributed by atoms with E-state index in [0.29, 0.717) is 29.6 Å². The van der Waals surface area contributed by atoms with E-state index < -0.39 is 11.2 Å². The van der Waals surface area contributed by atoms with Gasteiger partial charge in [0, 0.05) is 19.3 Å². The molecule has 2 heterocycles. The maximum atomic E-state index is 12.3. The molecule has 0 aliphatic rings. The van der Waals surface area contributed by atoms with Gasteiger partial charge in [0.15, 0.2) is 11.2 Å². The number of aromatic nitrogens is 4. The number of anilines is 2. The highest BCUT2D eigenvalue weighted by Gasteiger charge is 2.17. The molecule has 0 fully saturated rings. The molecule has 0 saturated heterocycles. The summed E-state index contributed by atoms with van der Waals surface area (Å²) in [6.07, 6.45) is 0.900. The normalized spacial score (nSPS) is 11.3. The van der Waals surface area contributed by atoms with Gasteiger partial charge in [-0.1, -0.05) is 32.0 Å². The molecule has 2 aromatic heterocycles. The van der Waals surface area contributed by atoms with Crippen LogP contribution in [-0.2, 0) is 13.6 Å². The summed E-state index contributed by atoms with van der Waals surface area (Å²) in [4.78, 5) is 31.0. The van der Waals surface area contributed by atoms with E-state index in [4.69, 9.17) is 0 Å². The first-order valence-electron chi connectivity index (χ1n) is 7.99. The van der Waals surface area contributed by atoms with Crippen molar-refractivity contribution in [2.24, 2.45) is 13.0 Å². The minimum absolute atomic E-state index is 0.380. The standard InChI is InChI=1S/C17H21N5O2/c1-11(2)9-10-22-13-14(21(3)17(24)20-15(13)23)19-16(22)18-12-7-5-4-6-8-12/h4-8,11H,9-10H2,1-3H3,(H,18,19)(H,20,23,24). The van der Waals surface area contributed by atoms with Crippen LogP contribution < -0.4 is 16.6 Å². The van der Waals surface area contributed by atoms with E-state index in [1.54, 1.807) is 7.05 Å². The quantitative estimate of drug-likeness (QED) is 0.752. The molecular formula is C17H21N5O2. The van der Waals surface area contributed by atoms with Crippen LogP contribution in [-0.4, -0.2) is 19.1 Å². The van der Waals surface area contributed by atoms with E-state index in [2.05, 4.69) is 29.1 Å². The number of rotatable bonds is 5. The first kappa shape index (κ1) is 16.0. The fraction of sp³-hybridized carbons (Fsp3) is 0.353.